The van der Waals surface area contributed by atoms with Crippen molar-refractivity contribution in [2.45, 2.75) is 13.0 Å². The third-order valence-electron chi connectivity index (χ3n) is 3.90. The molecule has 1 heterocycles. The number of fused-ring (bicyclic) bond motifs is 1. The average Bonchev–Trinajstić information content (AvgIpc) is 2.87. The Kier molecular flexibility index (Phi) is 4.43. The Bertz CT molecular complexity index is 824. The number of carbonyl (C=O) groups excluding carboxylic acids is 4. The smallest absolute Gasteiger partial charge is 0.326 e. The minimum atomic E-state index is -1.01. The zero-order chi connectivity index (χ0) is 18.0. The second-order valence-corrected chi connectivity index (χ2v) is 5.60. The number of ether oxygens (including phenoxy) is 1. The SMILES string of the molecule is C[C@H](OC(=O)CN1C(=O)c2ccccc2C1=O)C(=O)c1ccccc1. The van der Waals surface area contributed by atoms with E-state index in [1.165, 1.54) is 19.1 Å². The maximum atomic E-state index is 12.2. The van der Waals surface area contributed by atoms with Crippen LogP contribution in [-0.2, 0) is 9.53 Å². The molecule has 25 heavy (non-hydrogen) atoms. The molecule has 6 heteroatoms. The van der Waals surface area contributed by atoms with Crippen LogP contribution in [0.3, 0.4) is 0 Å². The van der Waals surface area contributed by atoms with Crippen molar-refractivity contribution in [1.82, 2.24) is 4.90 Å². The van der Waals surface area contributed by atoms with Crippen molar-refractivity contribution < 1.29 is 23.9 Å². The lowest BCUT2D eigenvalue weighted by Gasteiger charge is -2.16. The lowest BCUT2D eigenvalue weighted by Crippen LogP contribution is -2.37. The van der Waals surface area contributed by atoms with E-state index in [0.29, 0.717) is 5.56 Å². The Morgan fingerprint density at radius 3 is 2.00 bits per heavy atom. The number of ketones is 1. The highest BCUT2D eigenvalue weighted by Gasteiger charge is 2.37. The Morgan fingerprint density at radius 2 is 1.44 bits per heavy atom. The van der Waals surface area contributed by atoms with Crippen molar-refractivity contribution in [3.05, 3.63) is 71.3 Å². The van der Waals surface area contributed by atoms with Gasteiger partial charge in [0.1, 0.15) is 6.54 Å². The summed E-state index contributed by atoms with van der Waals surface area (Å²) in [6.07, 6.45) is -1.01. The second kappa shape index (κ2) is 6.68. The number of benzene rings is 2. The Labute approximate surface area is 144 Å². The fraction of sp³-hybridized carbons (Fsp3) is 0.158. The highest BCUT2D eigenvalue weighted by atomic mass is 16.5. The van der Waals surface area contributed by atoms with E-state index in [-0.39, 0.29) is 16.9 Å². The number of hydrogen-bond donors (Lipinski definition) is 0. The van der Waals surface area contributed by atoms with Crippen LogP contribution >= 0.6 is 0 Å². The number of nitrogens with zero attached hydrogens (tertiary/aromatic N) is 1. The predicted molar refractivity (Wildman–Crippen MR) is 88.1 cm³/mol. The summed E-state index contributed by atoms with van der Waals surface area (Å²) >= 11 is 0. The van der Waals surface area contributed by atoms with Crippen LogP contribution in [0, 0.1) is 0 Å². The third kappa shape index (κ3) is 3.19. The van der Waals surface area contributed by atoms with Gasteiger partial charge in [-0.1, -0.05) is 42.5 Å². The molecule has 0 fully saturated rings. The molecule has 0 saturated carbocycles. The van der Waals surface area contributed by atoms with Gasteiger partial charge in [-0.2, -0.15) is 0 Å². The minimum absolute atomic E-state index is 0.258. The Balaban J connectivity index is 1.65. The average molecular weight is 337 g/mol. The van der Waals surface area contributed by atoms with Crippen molar-refractivity contribution in [1.29, 1.82) is 0 Å². The quantitative estimate of drug-likeness (QED) is 0.474. The van der Waals surface area contributed by atoms with Crippen LogP contribution in [-0.4, -0.2) is 41.1 Å². The van der Waals surface area contributed by atoms with Crippen molar-refractivity contribution in [2.75, 3.05) is 6.54 Å². The van der Waals surface area contributed by atoms with Crippen molar-refractivity contribution in [3.8, 4) is 0 Å². The summed E-state index contributed by atoms with van der Waals surface area (Å²) < 4.78 is 5.09. The molecule has 0 unspecified atom stereocenters. The molecule has 2 aromatic rings. The fourth-order valence-corrected chi connectivity index (χ4v) is 2.64. The molecule has 3 rings (SSSR count). The van der Waals surface area contributed by atoms with E-state index < -0.39 is 30.4 Å². The van der Waals surface area contributed by atoms with E-state index in [9.17, 15) is 19.2 Å². The molecule has 0 spiro atoms. The molecule has 0 saturated heterocycles. The van der Waals surface area contributed by atoms with Gasteiger partial charge in [-0.3, -0.25) is 24.1 Å². The van der Waals surface area contributed by atoms with Gasteiger partial charge in [0, 0.05) is 5.56 Å². The zero-order valence-electron chi connectivity index (χ0n) is 13.5. The number of Topliss-reactive ketones (excluding diaryl/α,β-unsaturated/α-hetero) is 1. The van der Waals surface area contributed by atoms with E-state index in [1.54, 1.807) is 42.5 Å². The molecule has 0 N–H and O–H groups in total. The van der Waals surface area contributed by atoms with E-state index in [0.717, 1.165) is 4.90 Å². The van der Waals surface area contributed by atoms with Crippen LogP contribution in [0.5, 0.6) is 0 Å². The first-order valence-corrected chi connectivity index (χ1v) is 7.73. The molecule has 2 amide bonds. The number of carbonyl (C=O) groups is 4. The molecule has 6 nitrogen and oxygen atoms in total. The fourth-order valence-electron chi connectivity index (χ4n) is 2.64. The van der Waals surface area contributed by atoms with Gasteiger partial charge < -0.3 is 4.74 Å². The molecule has 0 aromatic heterocycles. The standard InChI is InChI=1S/C19H15NO5/c1-12(17(22)13-7-3-2-4-8-13)25-16(21)11-20-18(23)14-9-5-6-10-15(14)19(20)24/h2-10,12H,11H2,1H3/t12-/m0/s1. The zero-order valence-corrected chi connectivity index (χ0v) is 13.5. The summed E-state index contributed by atoms with van der Waals surface area (Å²) in [5, 5.41) is 0. The normalized spacial score (nSPS) is 14.2. The molecule has 0 radical (unpaired) electrons. The van der Waals surface area contributed by atoms with E-state index in [1.807, 2.05) is 0 Å². The van der Waals surface area contributed by atoms with Crippen molar-refractivity contribution in [2.24, 2.45) is 0 Å². The summed E-state index contributed by atoms with van der Waals surface area (Å²) in [4.78, 5) is 49.5. The van der Waals surface area contributed by atoms with Gasteiger partial charge in [-0.15, -0.1) is 0 Å². The van der Waals surface area contributed by atoms with Gasteiger partial charge >= 0.3 is 5.97 Å². The summed E-state index contributed by atoms with van der Waals surface area (Å²) in [5.41, 5.74) is 0.936. The van der Waals surface area contributed by atoms with E-state index in [4.69, 9.17) is 4.74 Å². The second-order valence-electron chi connectivity index (χ2n) is 5.60. The summed E-state index contributed by atoms with van der Waals surface area (Å²) in [5.74, 6) is -2.25. The Hall–Kier alpha value is -3.28. The molecule has 0 aliphatic carbocycles. The molecule has 2 aromatic carbocycles. The van der Waals surface area contributed by atoms with Gasteiger partial charge in [0.05, 0.1) is 11.1 Å². The minimum Gasteiger partial charge on any atom is -0.453 e. The lowest BCUT2D eigenvalue weighted by molar-refractivity contribution is -0.146. The van der Waals surface area contributed by atoms with E-state index in [2.05, 4.69) is 0 Å². The highest BCUT2D eigenvalue weighted by Crippen LogP contribution is 2.22. The number of imide groups is 1. The van der Waals surface area contributed by atoms with Crippen molar-refractivity contribution >= 4 is 23.6 Å². The molecule has 1 aliphatic rings. The molecule has 1 aliphatic heterocycles. The highest BCUT2D eigenvalue weighted by molar-refractivity contribution is 6.22. The van der Waals surface area contributed by atoms with Crippen LogP contribution in [0.1, 0.15) is 38.0 Å². The maximum absolute atomic E-state index is 12.2. The number of amides is 2. The van der Waals surface area contributed by atoms with Crippen LogP contribution < -0.4 is 0 Å². The van der Waals surface area contributed by atoms with Gasteiger partial charge in [0.25, 0.3) is 11.8 Å². The first-order chi connectivity index (χ1) is 12.0. The number of rotatable bonds is 5. The lowest BCUT2D eigenvalue weighted by atomic mass is 10.1. The summed E-state index contributed by atoms with van der Waals surface area (Å²) in [6, 6.07) is 14.8. The first kappa shape index (κ1) is 16.6. The van der Waals surface area contributed by atoms with Crippen LogP contribution in [0.15, 0.2) is 54.6 Å². The molecular weight excluding hydrogens is 322 g/mol. The van der Waals surface area contributed by atoms with Gasteiger partial charge in [0.2, 0.25) is 5.78 Å². The van der Waals surface area contributed by atoms with Crippen molar-refractivity contribution in [3.63, 3.8) is 0 Å². The van der Waals surface area contributed by atoms with Crippen LogP contribution in [0.2, 0.25) is 0 Å². The molecule has 126 valence electrons. The third-order valence-corrected chi connectivity index (χ3v) is 3.90. The van der Waals surface area contributed by atoms with Gasteiger partial charge in [0.15, 0.2) is 6.10 Å². The number of esters is 1. The van der Waals surface area contributed by atoms with Gasteiger partial charge in [-0.05, 0) is 19.1 Å². The molecule has 0 bridgehead atoms. The van der Waals surface area contributed by atoms with E-state index >= 15 is 0 Å². The predicted octanol–water partition coefficient (Wildman–Crippen LogP) is 2.10. The summed E-state index contributed by atoms with van der Waals surface area (Å²) in [6.45, 7) is 0.925. The summed E-state index contributed by atoms with van der Waals surface area (Å²) in [7, 11) is 0. The van der Waals surface area contributed by atoms with Crippen LogP contribution in [0.4, 0.5) is 0 Å². The number of hydrogen-bond acceptors (Lipinski definition) is 5. The van der Waals surface area contributed by atoms with Gasteiger partial charge in [-0.25, -0.2) is 0 Å². The molecular formula is C19H15NO5. The largest absolute Gasteiger partial charge is 0.453 e. The topological polar surface area (TPSA) is 80.8 Å². The monoisotopic (exact) mass is 337 g/mol. The molecule has 1 atom stereocenters. The first-order valence-electron chi connectivity index (χ1n) is 7.73. The Morgan fingerprint density at radius 1 is 0.920 bits per heavy atom. The maximum Gasteiger partial charge on any atom is 0.326 e. The van der Waals surface area contributed by atoms with Crippen LogP contribution in [0.25, 0.3) is 0 Å².